The van der Waals surface area contributed by atoms with Gasteiger partial charge in [0.05, 0.1) is 0 Å². The summed E-state index contributed by atoms with van der Waals surface area (Å²) < 4.78 is 10.7. The lowest BCUT2D eigenvalue weighted by Gasteiger charge is -2.07. The van der Waals surface area contributed by atoms with Gasteiger partial charge in [0, 0.05) is 5.56 Å². The van der Waals surface area contributed by atoms with E-state index >= 15 is 0 Å². The number of rotatable bonds is 5. The van der Waals surface area contributed by atoms with Crippen molar-refractivity contribution in [2.75, 3.05) is 11.9 Å². The van der Waals surface area contributed by atoms with Crippen LogP contribution in [0.25, 0.3) is 11.5 Å². The van der Waals surface area contributed by atoms with Crippen LogP contribution < -0.4 is 10.1 Å². The summed E-state index contributed by atoms with van der Waals surface area (Å²) in [5.41, 5.74) is 4.17. The maximum Gasteiger partial charge on any atom is 0.270 e. The Balaban J connectivity index is 1.59. The molecule has 1 heterocycles. The van der Waals surface area contributed by atoms with Crippen LogP contribution in [0.4, 0.5) is 5.95 Å². The monoisotopic (exact) mass is 337 g/mol. The number of nitrogens with one attached hydrogen (secondary N) is 1. The maximum atomic E-state index is 12.0. The summed E-state index contributed by atoms with van der Waals surface area (Å²) in [6.45, 7) is 5.87. The highest BCUT2D eigenvalue weighted by Crippen LogP contribution is 2.20. The zero-order valence-electron chi connectivity index (χ0n) is 14.4. The third-order valence-corrected chi connectivity index (χ3v) is 3.79. The number of benzene rings is 2. The van der Waals surface area contributed by atoms with E-state index in [1.54, 1.807) is 0 Å². The van der Waals surface area contributed by atoms with Gasteiger partial charge < -0.3 is 9.26 Å². The maximum absolute atomic E-state index is 12.0. The van der Waals surface area contributed by atoms with Crippen LogP contribution in [-0.2, 0) is 4.79 Å². The van der Waals surface area contributed by atoms with Gasteiger partial charge in [-0.25, -0.2) is 0 Å². The van der Waals surface area contributed by atoms with E-state index < -0.39 is 0 Å². The molecule has 0 fully saturated rings. The lowest BCUT2D eigenvalue weighted by atomic mass is 10.1. The van der Waals surface area contributed by atoms with E-state index in [1.807, 2.05) is 63.2 Å². The summed E-state index contributed by atoms with van der Waals surface area (Å²) in [6.07, 6.45) is 0. The molecule has 3 rings (SSSR count). The minimum Gasteiger partial charge on any atom is -0.484 e. The number of nitrogens with zero attached hydrogens (tertiary/aromatic N) is 2. The minimum atomic E-state index is -0.352. The van der Waals surface area contributed by atoms with Crippen molar-refractivity contribution in [3.8, 4) is 17.2 Å². The van der Waals surface area contributed by atoms with Crippen molar-refractivity contribution in [3.05, 3.63) is 59.2 Å². The molecule has 0 unspecified atom stereocenters. The summed E-state index contributed by atoms with van der Waals surface area (Å²) in [5.74, 6) is 0.765. The first kappa shape index (κ1) is 16.7. The van der Waals surface area contributed by atoms with Crippen LogP contribution in [0.15, 0.2) is 47.0 Å². The summed E-state index contributed by atoms with van der Waals surface area (Å²) >= 11 is 0. The van der Waals surface area contributed by atoms with Gasteiger partial charge >= 0.3 is 0 Å². The van der Waals surface area contributed by atoms with E-state index in [2.05, 4.69) is 15.5 Å². The zero-order chi connectivity index (χ0) is 17.8. The molecule has 0 aliphatic heterocycles. The SMILES string of the molecule is Cc1cccc(-c2nc(NC(=O)COc3ccc(C)c(C)c3)no2)c1. The molecule has 0 saturated heterocycles. The fourth-order valence-electron chi connectivity index (χ4n) is 2.28. The molecule has 1 aromatic heterocycles. The summed E-state index contributed by atoms with van der Waals surface area (Å²) in [7, 11) is 0. The highest BCUT2D eigenvalue weighted by Gasteiger charge is 2.12. The fraction of sp³-hybridized carbons (Fsp3) is 0.211. The zero-order valence-corrected chi connectivity index (χ0v) is 14.4. The standard InChI is InChI=1S/C19H19N3O3/c1-12-5-4-6-15(9-12)18-21-19(22-25-18)20-17(23)11-24-16-8-7-13(2)14(3)10-16/h4-10H,11H2,1-3H3,(H,20,22,23). The number of carbonyl (C=O) groups is 1. The third kappa shape index (κ3) is 4.23. The number of aromatic nitrogens is 2. The average Bonchev–Trinajstić information content (AvgIpc) is 3.04. The fourth-order valence-corrected chi connectivity index (χ4v) is 2.28. The van der Waals surface area contributed by atoms with Gasteiger partial charge in [-0.05, 0) is 61.3 Å². The lowest BCUT2D eigenvalue weighted by molar-refractivity contribution is -0.118. The van der Waals surface area contributed by atoms with Crippen LogP contribution in [0, 0.1) is 20.8 Å². The molecule has 0 radical (unpaired) electrons. The summed E-state index contributed by atoms with van der Waals surface area (Å²) in [6, 6.07) is 13.4. The van der Waals surface area contributed by atoms with Gasteiger partial charge in [0.15, 0.2) is 6.61 Å². The Hall–Kier alpha value is -3.15. The van der Waals surface area contributed by atoms with Gasteiger partial charge in [-0.1, -0.05) is 23.8 Å². The predicted molar refractivity (Wildman–Crippen MR) is 94.5 cm³/mol. The van der Waals surface area contributed by atoms with Crippen molar-refractivity contribution >= 4 is 11.9 Å². The number of hydrogen-bond acceptors (Lipinski definition) is 5. The van der Waals surface area contributed by atoms with Gasteiger partial charge in [-0.15, -0.1) is 0 Å². The largest absolute Gasteiger partial charge is 0.484 e. The van der Waals surface area contributed by atoms with Crippen LogP contribution in [0.1, 0.15) is 16.7 Å². The molecule has 128 valence electrons. The molecule has 0 atom stereocenters. The second-order valence-electron chi connectivity index (χ2n) is 5.88. The molecule has 0 aliphatic rings. The molecule has 25 heavy (non-hydrogen) atoms. The molecule has 0 spiro atoms. The lowest BCUT2D eigenvalue weighted by Crippen LogP contribution is -2.20. The third-order valence-electron chi connectivity index (χ3n) is 3.79. The van der Waals surface area contributed by atoms with Gasteiger partial charge in [0.25, 0.3) is 17.7 Å². The van der Waals surface area contributed by atoms with E-state index in [0.29, 0.717) is 11.6 Å². The van der Waals surface area contributed by atoms with Crippen LogP contribution in [-0.4, -0.2) is 22.7 Å². The quantitative estimate of drug-likeness (QED) is 0.768. The second-order valence-corrected chi connectivity index (χ2v) is 5.88. The van der Waals surface area contributed by atoms with E-state index in [4.69, 9.17) is 9.26 Å². The first-order valence-electron chi connectivity index (χ1n) is 7.92. The van der Waals surface area contributed by atoms with Crippen LogP contribution in [0.2, 0.25) is 0 Å². The topological polar surface area (TPSA) is 77.2 Å². The molecule has 1 amide bonds. The van der Waals surface area contributed by atoms with Gasteiger partial charge in [0.2, 0.25) is 0 Å². The van der Waals surface area contributed by atoms with E-state index in [0.717, 1.165) is 16.7 Å². The van der Waals surface area contributed by atoms with Crippen LogP contribution in [0.3, 0.4) is 0 Å². The average molecular weight is 337 g/mol. The Morgan fingerprint density at radius 3 is 2.72 bits per heavy atom. The molecular formula is C19H19N3O3. The van der Waals surface area contributed by atoms with Gasteiger partial charge in [0.1, 0.15) is 5.75 Å². The van der Waals surface area contributed by atoms with Crippen molar-refractivity contribution in [2.24, 2.45) is 0 Å². The summed E-state index contributed by atoms with van der Waals surface area (Å²) in [5, 5.41) is 6.33. The predicted octanol–water partition coefficient (Wildman–Crippen LogP) is 3.68. The molecule has 0 bridgehead atoms. The summed E-state index contributed by atoms with van der Waals surface area (Å²) in [4.78, 5) is 16.2. The van der Waals surface area contributed by atoms with Gasteiger partial charge in [-0.2, -0.15) is 4.98 Å². The normalized spacial score (nSPS) is 10.5. The first-order chi connectivity index (χ1) is 12.0. The number of amides is 1. The molecule has 1 N–H and O–H groups in total. The highest BCUT2D eigenvalue weighted by molar-refractivity contribution is 5.90. The van der Waals surface area contributed by atoms with Crippen molar-refractivity contribution in [1.29, 1.82) is 0 Å². The number of anilines is 1. The molecule has 0 aliphatic carbocycles. The van der Waals surface area contributed by atoms with Crippen molar-refractivity contribution in [1.82, 2.24) is 10.1 Å². The highest BCUT2D eigenvalue weighted by atomic mass is 16.5. The second kappa shape index (κ2) is 7.17. The van der Waals surface area contributed by atoms with E-state index in [-0.39, 0.29) is 18.5 Å². The Morgan fingerprint density at radius 1 is 1.12 bits per heavy atom. The Morgan fingerprint density at radius 2 is 1.96 bits per heavy atom. The van der Waals surface area contributed by atoms with Gasteiger partial charge in [-0.3, -0.25) is 10.1 Å². The smallest absolute Gasteiger partial charge is 0.270 e. The molecule has 6 heteroatoms. The van der Waals surface area contributed by atoms with Crippen LogP contribution >= 0.6 is 0 Å². The Bertz CT molecular complexity index is 902. The molecular weight excluding hydrogens is 318 g/mol. The Kier molecular flexibility index (Phi) is 4.79. The Labute approximate surface area is 145 Å². The van der Waals surface area contributed by atoms with E-state index in [9.17, 15) is 4.79 Å². The molecule has 0 saturated carbocycles. The molecule has 2 aromatic carbocycles. The van der Waals surface area contributed by atoms with E-state index in [1.165, 1.54) is 5.56 Å². The number of hydrogen-bond donors (Lipinski definition) is 1. The number of carbonyl (C=O) groups excluding carboxylic acids is 1. The first-order valence-corrected chi connectivity index (χ1v) is 7.92. The number of ether oxygens (including phenoxy) is 1. The molecule has 3 aromatic rings. The van der Waals surface area contributed by atoms with Crippen molar-refractivity contribution in [3.63, 3.8) is 0 Å². The van der Waals surface area contributed by atoms with Crippen LogP contribution in [0.5, 0.6) is 5.75 Å². The molecule has 6 nitrogen and oxygen atoms in total. The number of aryl methyl sites for hydroxylation is 3. The van der Waals surface area contributed by atoms with Crippen molar-refractivity contribution in [2.45, 2.75) is 20.8 Å². The van der Waals surface area contributed by atoms with Crippen molar-refractivity contribution < 1.29 is 14.1 Å². The minimum absolute atomic E-state index is 0.116.